The SMILES string of the molecule is CCOC(=O)c1cc(F)cc(C)c1NC(=O)C(NC)[N+](C)(CC)CC. The molecular weight excluding hydrogens is 325 g/mol. The first-order chi connectivity index (χ1) is 11.7. The van der Waals surface area contributed by atoms with Crippen molar-refractivity contribution in [1.82, 2.24) is 5.32 Å². The Morgan fingerprint density at radius 2 is 1.84 bits per heavy atom. The van der Waals surface area contributed by atoms with Crippen LogP contribution in [0, 0.1) is 12.7 Å². The summed E-state index contributed by atoms with van der Waals surface area (Å²) in [5, 5.41) is 5.83. The zero-order chi connectivity index (χ0) is 19.2. The third-order valence-corrected chi connectivity index (χ3v) is 4.63. The smallest absolute Gasteiger partial charge is 0.340 e. The third kappa shape index (κ3) is 4.76. The first-order valence-corrected chi connectivity index (χ1v) is 8.53. The van der Waals surface area contributed by atoms with Gasteiger partial charge >= 0.3 is 5.97 Å². The highest BCUT2D eigenvalue weighted by molar-refractivity contribution is 6.03. The Balaban J connectivity index is 3.24. The lowest BCUT2D eigenvalue weighted by Gasteiger charge is -2.38. The lowest BCUT2D eigenvalue weighted by molar-refractivity contribution is -0.923. The quantitative estimate of drug-likeness (QED) is 0.427. The number of nitrogens with one attached hydrogen (secondary N) is 2. The van der Waals surface area contributed by atoms with E-state index in [4.69, 9.17) is 4.74 Å². The standard InChI is InChI=1S/C18H28FN3O3/c1-7-22(6,8-2)16(20-5)17(23)21-15-12(4)10-13(19)11-14(15)18(24)25-9-3/h10-11,16,20H,7-9H2,1-6H3/p+1. The molecule has 0 aliphatic heterocycles. The summed E-state index contributed by atoms with van der Waals surface area (Å²) in [6.45, 7) is 9.00. The van der Waals surface area contributed by atoms with Crippen molar-refractivity contribution in [1.29, 1.82) is 0 Å². The highest BCUT2D eigenvalue weighted by Gasteiger charge is 2.35. The van der Waals surface area contributed by atoms with Crippen molar-refractivity contribution in [3.8, 4) is 0 Å². The summed E-state index contributed by atoms with van der Waals surface area (Å²) in [6.07, 6.45) is -0.505. The molecule has 0 bridgehead atoms. The topological polar surface area (TPSA) is 67.4 Å². The second-order valence-electron chi connectivity index (χ2n) is 6.16. The molecule has 0 saturated heterocycles. The van der Waals surface area contributed by atoms with Crippen molar-refractivity contribution in [2.45, 2.75) is 33.9 Å². The normalized spacial score (nSPS) is 12.6. The van der Waals surface area contributed by atoms with E-state index in [9.17, 15) is 14.0 Å². The predicted octanol–water partition coefficient (Wildman–Crippen LogP) is 2.28. The van der Waals surface area contributed by atoms with Gasteiger partial charge in [0, 0.05) is 0 Å². The number of amides is 1. The molecule has 0 aliphatic carbocycles. The molecule has 2 N–H and O–H groups in total. The number of quaternary nitrogens is 1. The van der Waals surface area contributed by atoms with Crippen LogP contribution in [0.1, 0.15) is 36.7 Å². The maximum Gasteiger partial charge on any atom is 0.340 e. The number of hydrogen-bond acceptors (Lipinski definition) is 4. The van der Waals surface area contributed by atoms with Gasteiger partial charge in [0.1, 0.15) is 5.82 Å². The number of carbonyl (C=O) groups is 2. The largest absolute Gasteiger partial charge is 0.462 e. The Morgan fingerprint density at radius 1 is 1.24 bits per heavy atom. The minimum Gasteiger partial charge on any atom is -0.462 e. The predicted molar refractivity (Wildman–Crippen MR) is 95.8 cm³/mol. The molecule has 1 atom stereocenters. The molecular formula is C18H29FN3O3+. The van der Waals surface area contributed by atoms with Crippen LogP contribution in [0.5, 0.6) is 0 Å². The monoisotopic (exact) mass is 354 g/mol. The van der Waals surface area contributed by atoms with E-state index >= 15 is 0 Å². The molecule has 7 heteroatoms. The lowest BCUT2D eigenvalue weighted by Crippen LogP contribution is -2.62. The van der Waals surface area contributed by atoms with Gasteiger partial charge in [-0.3, -0.25) is 10.1 Å². The number of ether oxygens (including phenoxy) is 1. The summed E-state index contributed by atoms with van der Waals surface area (Å²) in [5.74, 6) is -1.50. The van der Waals surface area contributed by atoms with Gasteiger partial charge in [0.25, 0.3) is 5.91 Å². The van der Waals surface area contributed by atoms with Gasteiger partial charge in [0.05, 0.1) is 38.0 Å². The second kappa shape index (κ2) is 8.92. The Bertz CT molecular complexity index is 630. The van der Waals surface area contributed by atoms with Crippen LogP contribution in [-0.2, 0) is 9.53 Å². The lowest BCUT2D eigenvalue weighted by atomic mass is 10.1. The summed E-state index contributed by atoms with van der Waals surface area (Å²) in [5.41, 5.74) is 0.766. The van der Waals surface area contributed by atoms with Crippen molar-refractivity contribution >= 4 is 17.6 Å². The fraction of sp³-hybridized carbons (Fsp3) is 0.556. The van der Waals surface area contributed by atoms with Crippen molar-refractivity contribution in [3.63, 3.8) is 0 Å². The van der Waals surface area contributed by atoms with E-state index in [0.717, 1.165) is 19.2 Å². The van der Waals surface area contributed by atoms with Gasteiger partial charge < -0.3 is 14.5 Å². The molecule has 0 saturated carbocycles. The van der Waals surface area contributed by atoms with Crippen LogP contribution in [0.25, 0.3) is 0 Å². The maximum absolute atomic E-state index is 13.7. The number of anilines is 1. The zero-order valence-corrected chi connectivity index (χ0v) is 15.9. The average molecular weight is 354 g/mol. The van der Waals surface area contributed by atoms with E-state index in [2.05, 4.69) is 10.6 Å². The molecule has 0 fully saturated rings. The summed E-state index contributed by atoms with van der Waals surface area (Å²) in [4.78, 5) is 25.0. The van der Waals surface area contributed by atoms with E-state index < -0.39 is 18.0 Å². The van der Waals surface area contributed by atoms with Gasteiger partial charge in [0.2, 0.25) is 6.17 Å². The Morgan fingerprint density at radius 3 is 2.32 bits per heavy atom. The van der Waals surface area contributed by atoms with E-state index in [1.165, 1.54) is 6.07 Å². The van der Waals surface area contributed by atoms with Crippen molar-refractivity contribution < 1.29 is 23.2 Å². The van der Waals surface area contributed by atoms with Crippen LogP contribution in [0.3, 0.4) is 0 Å². The molecule has 0 heterocycles. The van der Waals surface area contributed by atoms with Crippen LogP contribution in [-0.4, -0.2) is 56.3 Å². The number of nitrogens with zero attached hydrogens (tertiary/aromatic N) is 1. The van der Waals surface area contributed by atoms with E-state index in [-0.39, 0.29) is 23.8 Å². The molecule has 1 aromatic rings. The summed E-state index contributed by atoms with van der Waals surface area (Å²) >= 11 is 0. The first kappa shape index (κ1) is 21.1. The number of aryl methyl sites for hydroxylation is 1. The highest BCUT2D eigenvalue weighted by Crippen LogP contribution is 2.24. The van der Waals surface area contributed by atoms with Crippen LogP contribution >= 0.6 is 0 Å². The van der Waals surface area contributed by atoms with Crippen LogP contribution in [0.4, 0.5) is 10.1 Å². The van der Waals surface area contributed by atoms with Crippen LogP contribution < -0.4 is 10.6 Å². The number of halogens is 1. The van der Waals surface area contributed by atoms with Crippen molar-refractivity contribution in [2.75, 3.05) is 39.1 Å². The Kier molecular flexibility index (Phi) is 7.51. The average Bonchev–Trinajstić information content (AvgIpc) is 2.57. The fourth-order valence-electron chi connectivity index (χ4n) is 2.79. The number of rotatable bonds is 8. The number of carbonyl (C=O) groups excluding carboxylic acids is 2. The molecule has 0 aliphatic rings. The molecule has 1 aromatic carbocycles. The molecule has 0 spiro atoms. The Labute approximate surface area is 148 Å². The first-order valence-electron chi connectivity index (χ1n) is 8.53. The maximum atomic E-state index is 13.7. The fourth-order valence-corrected chi connectivity index (χ4v) is 2.79. The van der Waals surface area contributed by atoms with E-state index in [1.807, 2.05) is 20.9 Å². The van der Waals surface area contributed by atoms with Crippen molar-refractivity contribution in [3.05, 3.63) is 29.1 Å². The highest BCUT2D eigenvalue weighted by atomic mass is 19.1. The van der Waals surface area contributed by atoms with E-state index in [1.54, 1.807) is 20.9 Å². The van der Waals surface area contributed by atoms with Gasteiger partial charge in [-0.1, -0.05) is 0 Å². The van der Waals surface area contributed by atoms with E-state index in [0.29, 0.717) is 10.0 Å². The molecule has 1 rings (SSSR count). The number of hydrogen-bond donors (Lipinski definition) is 2. The zero-order valence-electron chi connectivity index (χ0n) is 15.9. The second-order valence-corrected chi connectivity index (χ2v) is 6.16. The van der Waals surface area contributed by atoms with Gasteiger partial charge in [-0.25, -0.2) is 9.18 Å². The third-order valence-electron chi connectivity index (χ3n) is 4.63. The molecule has 0 aromatic heterocycles. The molecule has 0 radical (unpaired) electrons. The molecule has 1 amide bonds. The number of likely N-dealkylation sites (N-methyl/N-ethyl adjacent to an activating group) is 2. The van der Waals surface area contributed by atoms with Gasteiger partial charge in [0.15, 0.2) is 0 Å². The van der Waals surface area contributed by atoms with Gasteiger partial charge in [-0.05, 0) is 52.4 Å². The summed E-state index contributed by atoms with van der Waals surface area (Å²) < 4.78 is 19.2. The molecule has 140 valence electrons. The van der Waals surface area contributed by atoms with Crippen molar-refractivity contribution in [2.24, 2.45) is 0 Å². The van der Waals surface area contributed by atoms with Crippen LogP contribution in [0.15, 0.2) is 12.1 Å². The van der Waals surface area contributed by atoms with Gasteiger partial charge in [-0.15, -0.1) is 0 Å². The minimum atomic E-state index is -0.662. The summed E-state index contributed by atoms with van der Waals surface area (Å²) in [6, 6.07) is 2.36. The van der Waals surface area contributed by atoms with Crippen LogP contribution in [0.2, 0.25) is 0 Å². The Hall–Kier alpha value is -1.99. The summed E-state index contributed by atoms with van der Waals surface area (Å²) in [7, 11) is 3.69. The molecule has 6 nitrogen and oxygen atoms in total. The minimum absolute atomic E-state index is 0.0183. The molecule has 25 heavy (non-hydrogen) atoms. The van der Waals surface area contributed by atoms with Gasteiger partial charge in [-0.2, -0.15) is 0 Å². The number of benzene rings is 1. The molecule has 1 unspecified atom stereocenters. The number of esters is 1.